The summed E-state index contributed by atoms with van der Waals surface area (Å²) < 4.78 is 0. The summed E-state index contributed by atoms with van der Waals surface area (Å²) in [7, 11) is 0. The summed E-state index contributed by atoms with van der Waals surface area (Å²) in [5.74, 6) is 0. The highest BCUT2D eigenvalue weighted by Crippen LogP contribution is 1.96. The lowest BCUT2D eigenvalue weighted by atomic mass is 10.2. The van der Waals surface area contributed by atoms with Gasteiger partial charge in [0.05, 0.1) is 11.6 Å². The molecule has 0 aliphatic heterocycles. The largest absolute Gasteiger partial charge is 0.393 e. The molecule has 0 aromatic heterocycles. The standard InChI is InChI=1S/C6H12N2O2S2/c7-5(11)3-1-2-4-9-10-6(8)12/h1-4H2,(H2,7,11)(H2,8,12). The van der Waals surface area contributed by atoms with Crippen molar-refractivity contribution in [3.05, 3.63) is 0 Å². The second-order valence-electron chi connectivity index (χ2n) is 2.15. The fourth-order valence-electron chi connectivity index (χ4n) is 0.560. The van der Waals surface area contributed by atoms with Gasteiger partial charge in [0.25, 0.3) is 5.17 Å². The predicted molar refractivity (Wildman–Crippen MR) is 54.5 cm³/mol. The van der Waals surface area contributed by atoms with Crippen molar-refractivity contribution in [3.63, 3.8) is 0 Å². The first kappa shape index (κ1) is 11.5. The van der Waals surface area contributed by atoms with Gasteiger partial charge in [-0.1, -0.05) is 12.2 Å². The summed E-state index contributed by atoms with van der Waals surface area (Å²) in [6, 6.07) is 0. The van der Waals surface area contributed by atoms with Crippen LogP contribution in [0.15, 0.2) is 0 Å². The van der Waals surface area contributed by atoms with Gasteiger partial charge in [-0.15, -0.1) is 0 Å². The van der Waals surface area contributed by atoms with E-state index in [-0.39, 0.29) is 5.17 Å². The average Bonchev–Trinajstić information content (AvgIpc) is 1.95. The van der Waals surface area contributed by atoms with E-state index in [1.54, 1.807) is 0 Å². The Hall–Kier alpha value is -0.460. The van der Waals surface area contributed by atoms with Gasteiger partial charge in [0.1, 0.15) is 0 Å². The van der Waals surface area contributed by atoms with E-state index >= 15 is 0 Å². The van der Waals surface area contributed by atoms with Gasteiger partial charge in [0.2, 0.25) is 0 Å². The first-order chi connectivity index (χ1) is 5.63. The second-order valence-corrected chi connectivity index (χ2v) is 3.07. The van der Waals surface area contributed by atoms with E-state index < -0.39 is 0 Å². The number of hydrogen-bond donors (Lipinski definition) is 2. The molecule has 4 N–H and O–H groups in total. The molecule has 0 bridgehead atoms. The van der Waals surface area contributed by atoms with Crippen molar-refractivity contribution in [2.75, 3.05) is 6.61 Å². The van der Waals surface area contributed by atoms with E-state index in [9.17, 15) is 0 Å². The minimum atomic E-state index is -0.107. The molecule has 0 rings (SSSR count). The van der Waals surface area contributed by atoms with E-state index in [0.29, 0.717) is 11.6 Å². The predicted octanol–water partition coefficient (Wildman–Crippen LogP) is 0.635. The molecule has 0 unspecified atom stereocenters. The van der Waals surface area contributed by atoms with E-state index in [0.717, 1.165) is 19.3 Å². The summed E-state index contributed by atoms with van der Waals surface area (Å²) in [5, 5.41) is -0.107. The Balaban J connectivity index is 3.01. The lowest BCUT2D eigenvalue weighted by Gasteiger charge is -2.01. The van der Waals surface area contributed by atoms with Gasteiger partial charge in [-0.05, 0) is 31.5 Å². The molecule has 4 nitrogen and oxygen atoms in total. The maximum atomic E-state index is 5.27. The van der Waals surface area contributed by atoms with Crippen LogP contribution in [0.4, 0.5) is 0 Å². The van der Waals surface area contributed by atoms with Crippen LogP contribution in [0.25, 0.3) is 0 Å². The number of rotatable bonds is 6. The SMILES string of the molecule is NC(=S)CCCCOOC(N)=S. The lowest BCUT2D eigenvalue weighted by Crippen LogP contribution is -2.13. The van der Waals surface area contributed by atoms with Crippen molar-refractivity contribution in [1.29, 1.82) is 0 Å². The number of hydrogen-bond acceptors (Lipinski definition) is 4. The Morgan fingerprint density at radius 1 is 1.17 bits per heavy atom. The van der Waals surface area contributed by atoms with Crippen LogP contribution in [-0.2, 0) is 9.78 Å². The van der Waals surface area contributed by atoms with Crippen LogP contribution in [0.1, 0.15) is 19.3 Å². The minimum Gasteiger partial charge on any atom is -0.393 e. The van der Waals surface area contributed by atoms with Crippen molar-refractivity contribution in [2.24, 2.45) is 11.5 Å². The van der Waals surface area contributed by atoms with Gasteiger partial charge in [0.15, 0.2) is 0 Å². The molecule has 0 spiro atoms. The second kappa shape index (κ2) is 7.20. The number of unbranched alkanes of at least 4 members (excludes halogenated alkanes) is 1. The molecule has 12 heavy (non-hydrogen) atoms. The summed E-state index contributed by atoms with van der Waals surface area (Å²) in [6.45, 7) is 0.444. The van der Waals surface area contributed by atoms with Crippen molar-refractivity contribution >= 4 is 34.6 Å². The molecular formula is C6H12N2O2S2. The quantitative estimate of drug-likeness (QED) is 0.289. The van der Waals surface area contributed by atoms with Crippen LogP contribution in [-0.4, -0.2) is 16.8 Å². The van der Waals surface area contributed by atoms with E-state index in [1.807, 2.05) is 0 Å². The number of thiocarbonyl (C=S) groups is 2. The highest BCUT2D eigenvalue weighted by Gasteiger charge is 1.93. The maximum Gasteiger partial charge on any atom is 0.294 e. The van der Waals surface area contributed by atoms with Crippen LogP contribution >= 0.6 is 24.4 Å². The topological polar surface area (TPSA) is 70.5 Å². The monoisotopic (exact) mass is 208 g/mol. The fraction of sp³-hybridized carbons (Fsp3) is 0.667. The van der Waals surface area contributed by atoms with Crippen LogP contribution < -0.4 is 11.5 Å². The van der Waals surface area contributed by atoms with Gasteiger partial charge in [-0.3, -0.25) is 0 Å². The highest BCUT2D eigenvalue weighted by atomic mass is 32.1. The zero-order valence-corrected chi connectivity index (χ0v) is 8.25. The van der Waals surface area contributed by atoms with Crippen LogP contribution in [0.5, 0.6) is 0 Å². The first-order valence-electron chi connectivity index (χ1n) is 3.50. The molecule has 70 valence electrons. The summed E-state index contributed by atoms with van der Waals surface area (Å²) in [5.41, 5.74) is 10.3. The normalized spacial score (nSPS) is 9.33. The third-order valence-electron chi connectivity index (χ3n) is 1.04. The van der Waals surface area contributed by atoms with Crippen molar-refractivity contribution in [3.8, 4) is 0 Å². The van der Waals surface area contributed by atoms with E-state index in [4.69, 9.17) is 11.5 Å². The molecule has 0 atom stereocenters. The lowest BCUT2D eigenvalue weighted by molar-refractivity contribution is -0.221. The molecule has 0 aromatic carbocycles. The highest BCUT2D eigenvalue weighted by molar-refractivity contribution is 7.80. The van der Waals surface area contributed by atoms with Gasteiger partial charge < -0.3 is 16.4 Å². The molecule has 0 aliphatic rings. The third-order valence-corrected chi connectivity index (χ3v) is 1.31. The molecule has 0 fully saturated rings. The molecule has 0 heterocycles. The van der Waals surface area contributed by atoms with Gasteiger partial charge in [-0.2, -0.15) is 4.89 Å². The zero-order valence-electron chi connectivity index (χ0n) is 6.62. The first-order valence-corrected chi connectivity index (χ1v) is 4.32. The molecule has 0 saturated heterocycles. The van der Waals surface area contributed by atoms with E-state index in [1.165, 1.54) is 0 Å². The molecule has 6 heteroatoms. The molecule has 0 radical (unpaired) electrons. The van der Waals surface area contributed by atoms with Gasteiger partial charge >= 0.3 is 0 Å². The number of nitrogens with two attached hydrogens (primary N) is 2. The third kappa shape index (κ3) is 9.54. The van der Waals surface area contributed by atoms with Gasteiger partial charge in [-0.25, -0.2) is 0 Å². The Bertz CT molecular complexity index is 146. The van der Waals surface area contributed by atoms with Crippen molar-refractivity contribution < 1.29 is 9.78 Å². The van der Waals surface area contributed by atoms with Crippen LogP contribution in [0.3, 0.4) is 0 Å². The summed E-state index contributed by atoms with van der Waals surface area (Å²) in [6.07, 6.45) is 2.43. The average molecular weight is 208 g/mol. The maximum absolute atomic E-state index is 5.27. The molecule has 0 aliphatic carbocycles. The molecule has 0 saturated carbocycles. The summed E-state index contributed by atoms with van der Waals surface area (Å²) >= 11 is 9.08. The summed E-state index contributed by atoms with van der Waals surface area (Å²) in [4.78, 5) is 9.54. The molecular weight excluding hydrogens is 196 g/mol. The van der Waals surface area contributed by atoms with Crippen LogP contribution in [0.2, 0.25) is 0 Å². The smallest absolute Gasteiger partial charge is 0.294 e. The Morgan fingerprint density at radius 3 is 2.33 bits per heavy atom. The Kier molecular flexibility index (Phi) is 6.93. The minimum absolute atomic E-state index is 0.107. The molecule has 0 aromatic rings. The zero-order chi connectivity index (χ0) is 9.40. The van der Waals surface area contributed by atoms with Crippen molar-refractivity contribution in [2.45, 2.75) is 19.3 Å². The fourth-order valence-corrected chi connectivity index (χ4v) is 0.752. The molecule has 0 amide bonds. The van der Waals surface area contributed by atoms with Gasteiger partial charge in [0, 0.05) is 0 Å². The Morgan fingerprint density at radius 2 is 1.83 bits per heavy atom. The van der Waals surface area contributed by atoms with E-state index in [2.05, 4.69) is 34.2 Å². The van der Waals surface area contributed by atoms with Crippen molar-refractivity contribution in [1.82, 2.24) is 0 Å². The Labute approximate surface area is 82.1 Å². The van der Waals surface area contributed by atoms with Crippen LogP contribution in [0, 0.1) is 0 Å².